The Morgan fingerprint density at radius 2 is 2.26 bits per heavy atom. The Balaban J connectivity index is 1.80. The van der Waals surface area contributed by atoms with Crippen LogP contribution in [0.4, 0.5) is 0 Å². The second-order valence-corrected chi connectivity index (χ2v) is 3.81. The van der Waals surface area contributed by atoms with E-state index in [1.54, 1.807) is 6.07 Å². The van der Waals surface area contributed by atoms with Crippen molar-refractivity contribution in [2.75, 3.05) is 6.61 Å². The summed E-state index contributed by atoms with van der Waals surface area (Å²) in [6, 6.07) is 7.35. The highest BCUT2D eigenvalue weighted by atomic mass is 16.5. The van der Waals surface area contributed by atoms with Crippen molar-refractivity contribution >= 4 is 5.91 Å². The molecule has 0 aliphatic rings. The Hall–Kier alpha value is -2.41. The molecule has 0 spiro atoms. The first-order chi connectivity index (χ1) is 9.29. The van der Waals surface area contributed by atoms with E-state index < -0.39 is 0 Å². The van der Waals surface area contributed by atoms with Gasteiger partial charge >= 0.3 is 0 Å². The first kappa shape index (κ1) is 13.0. The molecule has 2 aromatic rings. The van der Waals surface area contributed by atoms with Gasteiger partial charge in [-0.25, -0.2) is 4.98 Å². The fourth-order valence-corrected chi connectivity index (χ4v) is 1.51. The number of hydrogen-bond acceptors (Lipinski definition) is 5. The maximum atomic E-state index is 11.6. The number of H-pyrrole nitrogens is 1. The van der Waals surface area contributed by atoms with Crippen molar-refractivity contribution in [2.45, 2.75) is 13.1 Å². The molecule has 0 atom stereocenters. The van der Waals surface area contributed by atoms with Gasteiger partial charge in [0, 0.05) is 12.1 Å². The number of rotatable bonds is 6. The monoisotopic (exact) mass is 261 g/mol. The maximum absolute atomic E-state index is 11.6. The van der Waals surface area contributed by atoms with Crippen molar-refractivity contribution in [1.29, 1.82) is 0 Å². The highest BCUT2D eigenvalue weighted by molar-refractivity contribution is 5.77. The number of nitrogens with one attached hydrogen (secondary N) is 2. The molecular weight excluding hydrogens is 246 g/mol. The van der Waals surface area contributed by atoms with Crippen molar-refractivity contribution in [3.8, 4) is 5.75 Å². The number of para-hydroxylation sites is 1. The van der Waals surface area contributed by atoms with Crippen LogP contribution in [0.2, 0.25) is 0 Å². The van der Waals surface area contributed by atoms with E-state index in [4.69, 9.17) is 10.5 Å². The van der Waals surface area contributed by atoms with E-state index in [0.717, 1.165) is 5.56 Å². The molecule has 4 N–H and O–H groups in total. The first-order valence-electron chi connectivity index (χ1n) is 5.81. The van der Waals surface area contributed by atoms with E-state index in [1.165, 1.54) is 6.33 Å². The van der Waals surface area contributed by atoms with Gasteiger partial charge in [-0.15, -0.1) is 0 Å². The summed E-state index contributed by atoms with van der Waals surface area (Å²) in [6.45, 7) is 0.599. The molecule has 0 saturated carbocycles. The van der Waals surface area contributed by atoms with E-state index in [-0.39, 0.29) is 12.5 Å². The van der Waals surface area contributed by atoms with Gasteiger partial charge in [0.25, 0.3) is 5.91 Å². The van der Waals surface area contributed by atoms with Gasteiger partial charge in [-0.3, -0.25) is 9.89 Å². The molecule has 0 aliphatic heterocycles. The van der Waals surface area contributed by atoms with E-state index in [1.807, 2.05) is 18.2 Å². The zero-order valence-corrected chi connectivity index (χ0v) is 10.3. The molecule has 1 aromatic carbocycles. The smallest absolute Gasteiger partial charge is 0.258 e. The number of carbonyl (C=O) groups excluding carboxylic acids is 1. The SMILES string of the molecule is NCc1ccccc1OCC(=O)NCc1ncn[nH]1. The summed E-state index contributed by atoms with van der Waals surface area (Å²) in [4.78, 5) is 15.5. The lowest BCUT2D eigenvalue weighted by Crippen LogP contribution is -2.29. The van der Waals surface area contributed by atoms with Gasteiger partial charge in [0.1, 0.15) is 17.9 Å². The van der Waals surface area contributed by atoms with Crippen LogP contribution in [0.5, 0.6) is 5.75 Å². The minimum atomic E-state index is -0.233. The molecule has 0 saturated heterocycles. The highest BCUT2D eigenvalue weighted by Crippen LogP contribution is 2.16. The molecule has 19 heavy (non-hydrogen) atoms. The predicted molar refractivity (Wildman–Crippen MR) is 68.1 cm³/mol. The zero-order valence-electron chi connectivity index (χ0n) is 10.3. The van der Waals surface area contributed by atoms with E-state index in [2.05, 4.69) is 20.5 Å². The van der Waals surface area contributed by atoms with Crippen LogP contribution in [0.15, 0.2) is 30.6 Å². The summed E-state index contributed by atoms with van der Waals surface area (Å²) in [5.41, 5.74) is 6.45. The van der Waals surface area contributed by atoms with Gasteiger partial charge in [-0.2, -0.15) is 5.10 Å². The molecule has 1 amide bonds. The molecular formula is C12H15N5O2. The molecule has 0 aliphatic carbocycles. The fraction of sp³-hybridized carbons (Fsp3) is 0.250. The van der Waals surface area contributed by atoms with Gasteiger partial charge < -0.3 is 15.8 Å². The molecule has 0 radical (unpaired) electrons. The van der Waals surface area contributed by atoms with Gasteiger partial charge in [-0.05, 0) is 6.07 Å². The highest BCUT2D eigenvalue weighted by Gasteiger charge is 2.06. The van der Waals surface area contributed by atoms with Crippen LogP contribution < -0.4 is 15.8 Å². The lowest BCUT2D eigenvalue weighted by molar-refractivity contribution is -0.123. The van der Waals surface area contributed by atoms with Crippen LogP contribution in [0.1, 0.15) is 11.4 Å². The van der Waals surface area contributed by atoms with Gasteiger partial charge in [-0.1, -0.05) is 18.2 Å². The number of benzene rings is 1. The molecule has 0 bridgehead atoms. The number of nitrogens with zero attached hydrogens (tertiary/aromatic N) is 2. The van der Waals surface area contributed by atoms with Crippen molar-refractivity contribution in [3.63, 3.8) is 0 Å². The number of hydrogen-bond donors (Lipinski definition) is 3. The number of aromatic amines is 1. The van der Waals surface area contributed by atoms with Crippen LogP contribution in [0.3, 0.4) is 0 Å². The Morgan fingerprint density at radius 3 is 3.00 bits per heavy atom. The molecule has 2 rings (SSSR count). The number of carbonyl (C=O) groups is 1. The molecule has 0 unspecified atom stereocenters. The summed E-state index contributed by atoms with van der Waals surface area (Å²) < 4.78 is 5.42. The third kappa shape index (κ3) is 3.78. The summed E-state index contributed by atoms with van der Waals surface area (Å²) in [6.07, 6.45) is 1.38. The maximum Gasteiger partial charge on any atom is 0.258 e. The molecule has 0 fully saturated rings. The zero-order chi connectivity index (χ0) is 13.5. The number of aromatic nitrogens is 3. The first-order valence-corrected chi connectivity index (χ1v) is 5.81. The van der Waals surface area contributed by atoms with Gasteiger partial charge in [0.2, 0.25) is 0 Å². The standard InChI is InChI=1S/C12H15N5O2/c13-5-9-3-1-2-4-10(9)19-7-12(18)14-6-11-15-8-16-17-11/h1-4,8H,5-7,13H2,(H,14,18)(H,15,16,17). The lowest BCUT2D eigenvalue weighted by Gasteiger charge is -2.09. The normalized spacial score (nSPS) is 10.2. The van der Waals surface area contributed by atoms with Gasteiger partial charge in [0.15, 0.2) is 6.61 Å². The Morgan fingerprint density at radius 1 is 1.42 bits per heavy atom. The topological polar surface area (TPSA) is 106 Å². The Bertz CT molecular complexity index is 527. The summed E-state index contributed by atoms with van der Waals surface area (Å²) >= 11 is 0. The number of amides is 1. The van der Waals surface area contributed by atoms with E-state index in [9.17, 15) is 4.79 Å². The molecule has 7 nitrogen and oxygen atoms in total. The van der Waals surface area contributed by atoms with Gasteiger partial charge in [0.05, 0.1) is 6.54 Å². The fourth-order valence-electron chi connectivity index (χ4n) is 1.51. The van der Waals surface area contributed by atoms with Crippen molar-refractivity contribution in [1.82, 2.24) is 20.5 Å². The van der Waals surface area contributed by atoms with Crippen LogP contribution in [-0.2, 0) is 17.9 Å². The predicted octanol–water partition coefficient (Wildman–Crippen LogP) is -0.0414. The minimum absolute atomic E-state index is 0.0643. The third-order valence-electron chi connectivity index (χ3n) is 2.47. The van der Waals surface area contributed by atoms with Crippen LogP contribution in [0, 0.1) is 0 Å². The second-order valence-electron chi connectivity index (χ2n) is 3.81. The summed E-state index contributed by atoms with van der Waals surface area (Å²) in [5, 5.41) is 9.00. The Labute approximate surface area is 110 Å². The Kier molecular flexibility index (Phi) is 4.46. The summed E-state index contributed by atoms with van der Waals surface area (Å²) in [7, 11) is 0. The summed E-state index contributed by atoms with van der Waals surface area (Å²) in [5.74, 6) is 0.985. The molecule has 1 aromatic heterocycles. The van der Waals surface area contributed by atoms with Crippen molar-refractivity contribution in [3.05, 3.63) is 42.0 Å². The second kappa shape index (κ2) is 6.50. The van der Waals surface area contributed by atoms with E-state index >= 15 is 0 Å². The molecule has 100 valence electrons. The van der Waals surface area contributed by atoms with Crippen LogP contribution in [0.25, 0.3) is 0 Å². The van der Waals surface area contributed by atoms with Crippen LogP contribution in [-0.4, -0.2) is 27.7 Å². The third-order valence-corrected chi connectivity index (χ3v) is 2.47. The minimum Gasteiger partial charge on any atom is -0.483 e. The quantitative estimate of drug-likeness (QED) is 0.676. The number of nitrogens with two attached hydrogens (primary N) is 1. The van der Waals surface area contributed by atoms with Crippen LogP contribution >= 0.6 is 0 Å². The van der Waals surface area contributed by atoms with Crippen molar-refractivity contribution < 1.29 is 9.53 Å². The van der Waals surface area contributed by atoms with Crippen molar-refractivity contribution in [2.24, 2.45) is 5.73 Å². The van der Waals surface area contributed by atoms with E-state index in [0.29, 0.717) is 24.7 Å². The lowest BCUT2D eigenvalue weighted by atomic mass is 10.2. The average Bonchev–Trinajstić information content (AvgIpc) is 2.96. The number of ether oxygens (including phenoxy) is 1. The molecule has 7 heteroatoms. The largest absolute Gasteiger partial charge is 0.483 e. The molecule has 1 heterocycles. The average molecular weight is 261 g/mol.